The molecule has 5 nitrogen and oxygen atoms in total. The van der Waals surface area contributed by atoms with Gasteiger partial charge in [0.2, 0.25) is 5.91 Å². The van der Waals surface area contributed by atoms with E-state index in [9.17, 15) is 9.59 Å². The van der Waals surface area contributed by atoms with E-state index in [1.54, 1.807) is 0 Å². The van der Waals surface area contributed by atoms with Gasteiger partial charge in [0, 0.05) is 13.1 Å². The van der Waals surface area contributed by atoms with Gasteiger partial charge in [0.15, 0.2) is 0 Å². The van der Waals surface area contributed by atoms with Crippen molar-refractivity contribution in [3.8, 4) is 0 Å². The zero-order valence-electron chi connectivity index (χ0n) is 14.9. The quantitative estimate of drug-likeness (QED) is 0.729. The van der Waals surface area contributed by atoms with Crippen molar-refractivity contribution >= 4 is 11.9 Å². The molecule has 0 radical (unpaired) electrons. The summed E-state index contributed by atoms with van der Waals surface area (Å²) in [6, 6.07) is 0.320. The summed E-state index contributed by atoms with van der Waals surface area (Å²) in [6.45, 7) is 5.89. The summed E-state index contributed by atoms with van der Waals surface area (Å²) in [6.07, 6.45) is 7.64. The van der Waals surface area contributed by atoms with Gasteiger partial charge in [-0.3, -0.25) is 14.5 Å². The van der Waals surface area contributed by atoms with E-state index in [0.717, 1.165) is 38.8 Å². The molecule has 1 saturated carbocycles. The SMILES string of the molecule is CCOC(=O)C1CCN(C(C)C(=O)N(C)C2CCCCC2)CC1. The second-order valence-electron chi connectivity index (χ2n) is 6.98. The molecule has 1 saturated heterocycles. The Morgan fingerprint density at radius 1 is 1.13 bits per heavy atom. The van der Waals surface area contributed by atoms with E-state index < -0.39 is 0 Å². The first-order valence-corrected chi connectivity index (χ1v) is 9.22. The highest BCUT2D eigenvalue weighted by molar-refractivity contribution is 5.81. The monoisotopic (exact) mass is 324 g/mol. The topological polar surface area (TPSA) is 49.9 Å². The number of likely N-dealkylation sites (tertiary alicyclic amines) is 1. The van der Waals surface area contributed by atoms with Crippen LogP contribution in [0.5, 0.6) is 0 Å². The van der Waals surface area contributed by atoms with E-state index in [2.05, 4.69) is 4.90 Å². The number of carbonyl (C=O) groups is 2. The van der Waals surface area contributed by atoms with E-state index >= 15 is 0 Å². The molecular weight excluding hydrogens is 292 g/mol. The molecule has 1 aliphatic carbocycles. The molecule has 1 unspecified atom stereocenters. The van der Waals surface area contributed by atoms with Crippen molar-refractivity contribution in [2.45, 2.75) is 70.9 Å². The molecule has 2 rings (SSSR count). The third-order valence-electron chi connectivity index (χ3n) is 5.52. The summed E-state index contributed by atoms with van der Waals surface area (Å²) in [7, 11) is 1.96. The normalized spacial score (nSPS) is 22.6. The molecule has 0 bridgehead atoms. The number of rotatable bonds is 5. The van der Waals surface area contributed by atoms with E-state index in [1.165, 1.54) is 19.3 Å². The highest BCUT2D eigenvalue weighted by Crippen LogP contribution is 2.24. The Bertz CT molecular complexity index is 399. The summed E-state index contributed by atoms with van der Waals surface area (Å²) >= 11 is 0. The minimum absolute atomic E-state index is 0.00424. The molecule has 0 N–H and O–H groups in total. The van der Waals surface area contributed by atoms with Gasteiger partial charge in [-0.2, -0.15) is 0 Å². The summed E-state index contributed by atoms with van der Waals surface area (Å²) < 4.78 is 5.11. The largest absolute Gasteiger partial charge is 0.466 e. The molecule has 2 fully saturated rings. The number of esters is 1. The van der Waals surface area contributed by atoms with Crippen LogP contribution < -0.4 is 0 Å². The van der Waals surface area contributed by atoms with Gasteiger partial charge in [0.25, 0.3) is 0 Å². The number of hydrogen-bond acceptors (Lipinski definition) is 4. The molecule has 23 heavy (non-hydrogen) atoms. The van der Waals surface area contributed by atoms with Crippen LogP contribution in [0.25, 0.3) is 0 Å². The summed E-state index contributed by atoms with van der Waals surface area (Å²) in [5.74, 6) is 0.154. The van der Waals surface area contributed by atoms with Gasteiger partial charge in [-0.15, -0.1) is 0 Å². The molecule has 1 heterocycles. The lowest BCUT2D eigenvalue weighted by atomic mass is 9.93. The minimum atomic E-state index is -0.0925. The van der Waals surface area contributed by atoms with Gasteiger partial charge in [-0.05, 0) is 52.6 Å². The molecule has 1 amide bonds. The van der Waals surface area contributed by atoms with Crippen molar-refractivity contribution in [1.82, 2.24) is 9.80 Å². The Morgan fingerprint density at radius 2 is 1.74 bits per heavy atom. The molecule has 0 aromatic rings. The van der Waals surface area contributed by atoms with Gasteiger partial charge < -0.3 is 9.64 Å². The number of nitrogens with zero attached hydrogens (tertiary/aromatic N) is 2. The van der Waals surface area contributed by atoms with Crippen LogP contribution in [-0.2, 0) is 14.3 Å². The minimum Gasteiger partial charge on any atom is -0.466 e. The first kappa shape index (κ1) is 18.2. The van der Waals surface area contributed by atoms with Crippen molar-refractivity contribution in [3.63, 3.8) is 0 Å². The predicted octanol–water partition coefficient (Wildman–Crippen LogP) is 2.44. The summed E-state index contributed by atoms with van der Waals surface area (Å²) in [5.41, 5.74) is 0. The molecule has 0 aromatic carbocycles. The maximum Gasteiger partial charge on any atom is 0.309 e. The highest BCUT2D eigenvalue weighted by Gasteiger charge is 2.33. The van der Waals surface area contributed by atoms with E-state index in [0.29, 0.717) is 12.6 Å². The van der Waals surface area contributed by atoms with Crippen molar-refractivity contribution in [3.05, 3.63) is 0 Å². The fraction of sp³-hybridized carbons (Fsp3) is 0.889. The summed E-state index contributed by atoms with van der Waals surface area (Å²) in [4.78, 5) is 28.8. The van der Waals surface area contributed by atoms with Crippen molar-refractivity contribution < 1.29 is 14.3 Å². The van der Waals surface area contributed by atoms with E-state index in [4.69, 9.17) is 4.74 Å². The van der Waals surface area contributed by atoms with Gasteiger partial charge in [0.1, 0.15) is 0 Å². The van der Waals surface area contributed by atoms with Crippen LogP contribution in [-0.4, -0.2) is 60.5 Å². The van der Waals surface area contributed by atoms with Crippen molar-refractivity contribution in [1.29, 1.82) is 0 Å². The second-order valence-corrected chi connectivity index (χ2v) is 6.98. The predicted molar refractivity (Wildman–Crippen MR) is 90.0 cm³/mol. The summed E-state index contributed by atoms with van der Waals surface area (Å²) in [5, 5.41) is 0. The Kier molecular flexibility index (Phi) is 6.88. The Labute approximate surface area is 140 Å². The number of carbonyl (C=O) groups excluding carboxylic acids is 2. The van der Waals surface area contributed by atoms with E-state index in [1.807, 2.05) is 25.8 Å². The average Bonchev–Trinajstić information content (AvgIpc) is 2.61. The zero-order valence-corrected chi connectivity index (χ0v) is 14.9. The smallest absolute Gasteiger partial charge is 0.309 e. The number of likely N-dealkylation sites (N-methyl/N-ethyl adjacent to an activating group) is 1. The average molecular weight is 324 g/mol. The maximum atomic E-state index is 12.8. The van der Waals surface area contributed by atoms with Gasteiger partial charge in [-0.1, -0.05) is 19.3 Å². The molecule has 1 atom stereocenters. The van der Waals surface area contributed by atoms with Gasteiger partial charge >= 0.3 is 5.97 Å². The van der Waals surface area contributed by atoms with Gasteiger partial charge in [0.05, 0.1) is 18.6 Å². The first-order chi connectivity index (χ1) is 11.0. The lowest BCUT2D eigenvalue weighted by Crippen LogP contribution is -2.51. The standard InChI is InChI=1S/C18H32N2O3/c1-4-23-18(22)15-10-12-20(13-11-15)14(2)17(21)19(3)16-8-6-5-7-9-16/h14-16H,4-13H2,1-3H3. The number of ether oxygens (including phenoxy) is 1. The number of hydrogen-bond donors (Lipinski definition) is 0. The van der Waals surface area contributed by atoms with Crippen LogP contribution in [0.1, 0.15) is 58.8 Å². The third-order valence-corrected chi connectivity index (χ3v) is 5.52. The van der Waals surface area contributed by atoms with E-state index in [-0.39, 0.29) is 23.8 Å². The highest BCUT2D eigenvalue weighted by atomic mass is 16.5. The lowest BCUT2D eigenvalue weighted by Gasteiger charge is -2.38. The molecular formula is C18H32N2O3. The second kappa shape index (κ2) is 8.67. The molecule has 0 spiro atoms. The van der Waals surface area contributed by atoms with Gasteiger partial charge in [-0.25, -0.2) is 0 Å². The fourth-order valence-electron chi connectivity index (χ4n) is 3.88. The lowest BCUT2D eigenvalue weighted by molar-refractivity contribution is -0.150. The number of piperidine rings is 1. The fourth-order valence-corrected chi connectivity index (χ4v) is 3.88. The Hall–Kier alpha value is -1.10. The molecule has 132 valence electrons. The number of amides is 1. The van der Waals surface area contributed by atoms with Crippen molar-refractivity contribution in [2.24, 2.45) is 5.92 Å². The maximum absolute atomic E-state index is 12.8. The Morgan fingerprint density at radius 3 is 2.30 bits per heavy atom. The van der Waals surface area contributed by atoms with Crippen LogP contribution in [0, 0.1) is 5.92 Å². The Balaban J connectivity index is 1.82. The third kappa shape index (κ3) is 4.69. The van der Waals surface area contributed by atoms with Crippen LogP contribution in [0.15, 0.2) is 0 Å². The first-order valence-electron chi connectivity index (χ1n) is 9.22. The zero-order chi connectivity index (χ0) is 16.8. The molecule has 5 heteroatoms. The van der Waals surface area contributed by atoms with Crippen LogP contribution >= 0.6 is 0 Å². The molecule has 0 aromatic heterocycles. The molecule has 2 aliphatic rings. The van der Waals surface area contributed by atoms with Crippen LogP contribution in [0.4, 0.5) is 0 Å². The van der Waals surface area contributed by atoms with Crippen LogP contribution in [0.2, 0.25) is 0 Å². The molecule has 1 aliphatic heterocycles. The van der Waals surface area contributed by atoms with Crippen LogP contribution in [0.3, 0.4) is 0 Å². The van der Waals surface area contributed by atoms with Crippen molar-refractivity contribution in [2.75, 3.05) is 26.7 Å².